The fourth-order valence-electron chi connectivity index (χ4n) is 3.32. The van der Waals surface area contributed by atoms with Crippen LogP contribution in [-0.2, 0) is 17.9 Å². The van der Waals surface area contributed by atoms with Crippen molar-refractivity contribution in [2.24, 2.45) is 0 Å². The van der Waals surface area contributed by atoms with Gasteiger partial charge in [-0.2, -0.15) is 3.97 Å². The highest BCUT2D eigenvalue weighted by molar-refractivity contribution is 7.90. The van der Waals surface area contributed by atoms with Gasteiger partial charge in [-0.05, 0) is 55.9 Å². The smallest absolute Gasteiger partial charge is 0.237 e. The number of hydrogen-bond donors (Lipinski definition) is 2. The Kier molecular flexibility index (Phi) is 5.89. The molecule has 0 fully saturated rings. The number of ether oxygens (including phenoxy) is 1. The zero-order chi connectivity index (χ0) is 21.1. The van der Waals surface area contributed by atoms with Crippen molar-refractivity contribution in [3.05, 3.63) is 72.3 Å². The fraction of sp³-hybridized carbons (Fsp3) is 0.182. The van der Waals surface area contributed by atoms with Crippen LogP contribution in [0.2, 0.25) is 0 Å². The molecule has 3 heterocycles. The van der Waals surface area contributed by atoms with Gasteiger partial charge in [-0.25, -0.2) is 4.98 Å². The highest BCUT2D eigenvalue weighted by Crippen LogP contribution is 2.31. The van der Waals surface area contributed by atoms with E-state index in [1.165, 1.54) is 0 Å². The monoisotopic (exact) mass is 421 g/mol. The van der Waals surface area contributed by atoms with E-state index in [-0.39, 0.29) is 0 Å². The lowest BCUT2D eigenvalue weighted by Gasteiger charge is -2.13. The summed E-state index contributed by atoms with van der Waals surface area (Å²) in [6.45, 7) is 2.60. The summed E-state index contributed by atoms with van der Waals surface area (Å²) < 4.78 is 20.4. The molecule has 1 atom stereocenters. The number of methoxy groups -OCH3 is 1. The molecule has 1 aromatic carbocycles. The lowest BCUT2D eigenvalue weighted by Crippen LogP contribution is -2.12. The number of anilines is 2. The van der Waals surface area contributed by atoms with Crippen LogP contribution < -0.4 is 15.4 Å². The molecule has 154 valence electrons. The van der Waals surface area contributed by atoms with E-state index in [1.54, 1.807) is 29.5 Å². The molecule has 30 heavy (non-hydrogen) atoms. The molecule has 2 N–H and O–H groups in total. The van der Waals surface area contributed by atoms with Crippen LogP contribution in [0.25, 0.3) is 10.9 Å². The van der Waals surface area contributed by atoms with Crippen molar-refractivity contribution in [3.63, 3.8) is 0 Å². The average molecular weight is 422 g/mol. The zero-order valence-corrected chi connectivity index (χ0v) is 17.9. The molecule has 1 unspecified atom stereocenters. The van der Waals surface area contributed by atoms with E-state index in [4.69, 9.17) is 4.74 Å². The molecule has 4 rings (SSSR count). The van der Waals surface area contributed by atoms with Crippen LogP contribution in [0.15, 0.2) is 66.0 Å². The molecule has 0 spiro atoms. The van der Waals surface area contributed by atoms with Gasteiger partial charge in [0.05, 0.1) is 19.5 Å². The van der Waals surface area contributed by atoms with E-state index in [9.17, 15) is 4.55 Å². The molecule has 0 aliphatic carbocycles. The Labute approximate surface area is 178 Å². The molecule has 0 saturated heterocycles. The van der Waals surface area contributed by atoms with Crippen molar-refractivity contribution in [3.8, 4) is 5.88 Å². The first-order valence-corrected chi connectivity index (χ1v) is 10.6. The lowest BCUT2D eigenvalue weighted by molar-refractivity contribution is 0.399. The van der Waals surface area contributed by atoms with Crippen LogP contribution in [0.3, 0.4) is 0 Å². The summed E-state index contributed by atoms with van der Waals surface area (Å²) in [4.78, 5) is 9.16. The summed E-state index contributed by atoms with van der Waals surface area (Å²) >= 11 is -1.41. The van der Waals surface area contributed by atoms with Gasteiger partial charge in [0.15, 0.2) is 4.90 Å². The van der Waals surface area contributed by atoms with Crippen molar-refractivity contribution in [2.75, 3.05) is 19.5 Å². The highest BCUT2D eigenvalue weighted by Gasteiger charge is 2.20. The lowest BCUT2D eigenvalue weighted by atomic mass is 10.1. The number of aryl methyl sites for hydroxylation is 1. The van der Waals surface area contributed by atoms with Crippen molar-refractivity contribution in [1.82, 2.24) is 19.3 Å². The minimum absolute atomic E-state index is 0.528. The third kappa shape index (κ3) is 3.97. The second-order valence-corrected chi connectivity index (χ2v) is 8.18. The van der Waals surface area contributed by atoms with Gasteiger partial charge in [-0.1, -0.05) is 6.07 Å². The van der Waals surface area contributed by atoms with Gasteiger partial charge in [0.1, 0.15) is 22.6 Å². The molecule has 7 nitrogen and oxygen atoms in total. The van der Waals surface area contributed by atoms with Gasteiger partial charge in [-0.15, -0.1) is 0 Å². The van der Waals surface area contributed by atoms with E-state index < -0.39 is 11.4 Å². The largest absolute Gasteiger partial charge is 0.587 e. The molecule has 0 aliphatic rings. The van der Waals surface area contributed by atoms with E-state index in [0.717, 1.165) is 33.5 Å². The number of nitrogens with zero attached hydrogens (tertiary/aromatic N) is 3. The van der Waals surface area contributed by atoms with Crippen molar-refractivity contribution >= 4 is 33.6 Å². The van der Waals surface area contributed by atoms with Crippen LogP contribution in [0.1, 0.15) is 11.3 Å². The maximum absolute atomic E-state index is 13.2. The van der Waals surface area contributed by atoms with E-state index >= 15 is 0 Å². The highest BCUT2D eigenvalue weighted by atomic mass is 32.2. The van der Waals surface area contributed by atoms with Gasteiger partial charge in [-0.3, -0.25) is 4.98 Å². The quantitative estimate of drug-likeness (QED) is 0.442. The normalized spacial score (nSPS) is 12.1. The molecule has 0 bridgehead atoms. The number of rotatable bonds is 7. The van der Waals surface area contributed by atoms with Crippen LogP contribution in [0.4, 0.5) is 11.4 Å². The first kappa shape index (κ1) is 20.2. The molecule has 3 aromatic heterocycles. The van der Waals surface area contributed by atoms with E-state index in [2.05, 4.69) is 20.6 Å². The number of aromatic nitrogens is 3. The Morgan fingerprint density at radius 1 is 1.20 bits per heavy atom. The van der Waals surface area contributed by atoms with Crippen molar-refractivity contribution in [1.29, 1.82) is 0 Å². The minimum Gasteiger partial charge on any atom is -0.587 e. The summed E-state index contributed by atoms with van der Waals surface area (Å²) in [5.41, 5.74) is 4.44. The first-order valence-electron chi connectivity index (χ1n) is 9.50. The maximum Gasteiger partial charge on any atom is 0.237 e. The molecular formula is C22H23N5O2S. The molecule has 0 aliphatic heterocycles. The predicted octanol–water partition coefficient (Wildman–Crippen LogP) is 3.78. The third-order valence-corrected chi connectivity index (χ3v) is 6.01. The molecule has 0 amide bonds. The van der Waals surface area contributed by atoms with Gasteiger partial charge in [0.25, 0.3) is 0 Å². The van der Waals surface area contributed by atoms with Crippen LogP contribution in [0.5, 0.6) is 5.88 Å². The minimum atomic E-state index is -1.41. The second kappa shape index (κ2) is 8.74. The number of pyridine rings is 2. The SMILES string of the molecule is CNCc1cn([S+]([O-])c2cccnc2)c2cc(Nc3ccc(C)nc3OC)ccc12. The molecule has 4 aromatic rings. The number of hydrogen-bond acceptors (Lipinski definition) is 6. The number of fused-ring (bicyclic) bond motifs is 1. The van der Waals surface area contributed by atoms with Crippen LogP contribution in [0, 0.1) is 6.92 Å². The van der Waals surface area contributed by atoms with Crippen molar-refractivity contribution in [2.45, 2.75) is 18.4 Å². The Morgan fingerprint density at radius 2 is 2.07 bits per heavy atom. The molecule has 0 saturated carbocycles. The van der Waals surface area contributed by atoms with Gasteiger partial charge < -0.3 is 19.9 Å². The average Bonchev–Trinajstić information content (AvgIpc) is 3.13. The summed E-state index contributed by atoms with van der Waals surface area (Å²) in [6.07, 6.45) is 5.23. The van der Waals surface area contributed by atoms with Crippen LogP contribution in [-0.4, -0.2) is 32.7 Å². The standard InChI is InChI=1S/C22H23N5O2S/c1-15-6-9-20(22(25-15)29-3)26-17-7-8-19-16(12-23-2)14-27(21(19)11-17)30(28)18-5-4-10-24-13-18/h4-11,13-14,23,26H,12H2,1-3H3. The number of nitrogens with one attached hydrogen (secondary N) is 2. The van der Waals surface area contributed by atoms with Gasteiger partial charge >= 0.3 is 0 Å². The summed E-state index contributed by atoms with van der Waals surface area (Å²) in [6, 6.07) is 13.5. The second-order valence-electron chi connectivity index (χ2n) is 6.81. The summed E-state index contributed by atoms with van der Waals surface area (Å²) in [5, 5.41) is 7.58. The predicted molar refractivity (Wildman–Crippen MR) is 120 cm³/mol. The maximum atomic E-state index is 13.2. The Hall–Kier alpha value is -3.07. The molecule has 0 radical (unpaired) electrons. The Bertz CT molecular complexity index is 1160. The molecule has 8 heteroatoms. The zero-order valence-electron chi connectivity index (χ0n) is 17.0. The third-order valence-electron chi connectivity index (χ3n) is 4.71. The fourth-order valence-corrected chi connectivity index (χ4v) is 4.44. The van der Waals surface area contributed by atoms with E-state index in [0.29, 0.717) is 17.3 Å². The van der Waals surface area contributed by atoms with Crippen molar-refractivity contribution < 1.29 is 9.29 Å². The summed E-state index contributed by atoms with van der Waals surface area (Å²) in [5.74, 6) is 0.528. The number of benzene rings is 1. The first-order chi connectivity index (χ1) is 14.6. The molecular weight excluding hydrogens is 398 g/mol. The Morgan fingerprint density at radius 3 is 2.80 bits per heavy atom. The van der Waals surface area contributed by atoms with Gasteiger partial charge in [0.2, 0.25) is 5.88 Å². The Balaban J connectivity index is 1.77. The van der Waals surface area contributed by atoms with Crippen LogP contribution >= 0.6 is 0 Å². The topological polar surface area (TPSA) is 87.1 Å². The van der Waals surface area contributed by atoms with Gasteiger partial charge in [0, 0.05) is 29.5 Å². The summed E-state index contributed by atoms with van der Waals surface area (Å²) in [7, 11) is 3.50. The van der Waals surface area contributed by atoms with E-state index in [1.807, 2.05) is 56.6 Å².